The van der Waals surface area contributed by atoms with Crippen molar-refractivity contribution in [1.82, 2.24) is 0 Å². The van der Waals surface area contributed by atoms with Gasteiger partial charge in [0.05, 0.1) is 0 Å². The quantitative estimate of drug-likeness (QED) is 0.429. The van der Waals surface area contributed by atoms with E-state index in [2.05, 4.69) is 0 Å². The molecule has 0 aliphatic carbocycles. The van der Waals surface area contributed by atoms with Crippen molar-refractivity contribution in [2.45, 2.75) is 47.1 Å². The second-order valence-electron chi connectivity index (χ2n) is 5.03. The van der Waals surface area contributed by atoms with Gasteiger partial charge in [-0.05, 0) is 19.1 Å². The minimum atomic E-state index is -1.76. The minimum Gasteiger partial charge on any atom is -0.372 e. The largest absolute Gasteiger partial charge is 0.372 e. The molecule has 0 radical (unpaired) electrons. The van der Waals surface area contributed by atoms with Crippen molar-refractivity contribution in [3.8, 4) is 0 Å². The van der Waals surface area contributed by atoms with E-state index in [9.17, 15) is 5.11 Å². The zero-order valence-corrected chi connectivity index (χ0v) is 13.3. The maximum atomic E-state index is 9.68. The smallest absolute Gasteiger partial charge is 0.252 e. The number of methoxy groups -OCH3 is 1. The van der Waals surface area contributed by atoms with Crippen molar-refractivity contribution in [1.29, 1.82) is 0 Å². The van der Waals surface area contributed by atoms with Gasteiger partial charge in [-0.25, -0.2) is 0 Å². The van der Waals surface area contributed by atoms with Gasteiger partial charge in [-0.15, -0.1) is 0 Å². The second kappa shape index (κ2) is 5.17. The summed E-state index contributed by atoms with van der Waals surface area (Å²) >= 11 is 17.2. The normalized spacial score (nSPS) is 49.8. The Hall–Kier alpha value is 0.330. The molecule has 0 saturated carbocycles. The first kappa shape index (κ1) is 16.2. The fraction of sp³-hybridized carbons (Fsp3) is 0.818. The molecule has 2 fully saturated rings. The second-order valence-corrected chi connectivity index (χ2v) is 7.40. The van der Waals surface area contributed by atoms with Crippen LogP contribution in [0.3, 0.4) is 0 Å². The van der Waals surface area contributed by atoms with E-state index in [0.717, 1.165) is 0 Å². The zero-order valence-electron chi connectivity index (χ0n) is 11.0. The van der Waals surface area contributed by atoms with Crippen molar-refractivity contribution in [2.24, 2.45) is 0 Å². The lowest BCUT2D eigenvalue weighted by Crippen LogP contribution is -2.51. The van der Waals surface area contributed by atoms with Gasteiger partial charge >= 0.3 is 0 Å². The van der Waals surface area contributed by atoms with Crippen LogP contribution in [0.4, 0.5) is 0 Å². The lowest BCUT2D eigenvalue weighted by atomic mass is 10.1. The molecule has 1 spiro atoms. The van der Waals surface area contributed by atoms with E-state index in [1.807, 2.05) is 0 Å². The topological polar surface area (TPSA) is 75.6 Å². The molecule has 1 N–H and O–H groups in total. The number of halogens is 3. The van der Waals surface area contributed by atoms with Gasteiger partial charge < -0.3 is 24.1 Å². The lowest BCUT2D eigenvalue weighted by Gasteiger charge is -2.36. The van der Waals surface area contributed by atoms with Crippen molar-refractivity contribution in [3.05, 3.63) is 12.2 Å². The molecule has 0 aromatic carbocycles. The van der Waals surface area contributed by atoms with E-state index in [0.29, 0.717) is 0 Å². The van der Waals surface area contributed by atoms with Crippen LogP contribution < -0.4 is 0 Å². The molecular formula is C11H13Cl3O7. The summed E-state index contributed by atoms with van der Waals surface area (Å²) < 4.78 is 20.2. The summed E-state index contributed by atoms with van der Waals surface area (Å²) in [6.45, 7) is 1.40. The van der Waals surface area contributed by atoms with Crippen molar-refractivity contribution in [2.75, 3.05) is 7.11 Å². The molecule has 2 saturated heterocycles. The predicted molar refractivity (Wildman–Crippen MR) is 70.4 cm³/mol. The summed E-state index contributed by atoms with van der Waals surface area (Å²) in [6.07, 6.45) is -0.550. The monoisotopic (exact) mass is 362 g/mol. The molecule has 1 unspecified atom stereocenters. The highest BCUT2D eigenvalue weighted by Gasteiger charge is 2.65. The summed E-state index contributed by atoms with van der Waals surface area (Å²) in [7, 11) is 1.44. The zero-order chi connectivity index (χ0) is 15.5. The number of alkyl halides is 3. The van der Waals surface area contributed by atoms with Gasteiger partial charge in [-0.3, -0.25) is 0 Å². The standard InChI is InChI=1S/C11H13Cl3O7/c1-9(15)3-4-10(21-20-9)6(16-2)5-7(19-10)18-8(17-5)11(12,13)14/h3-8,15H,1-2H3/t5-,6-,7+,8-,9?,10-/m1/s1. The Labute approximate surface area is 135 Å². The number of hydrogen-bond acceptors (Lipinski definition) is 7. The summed E-state index contributed by atoms with van der Waals surface area (Å²) in [5.41, 5.74) is 0. The van der Waals surface area contributed by atoms with Crippen LogP contribution >= 0.6 is 34.8 Å². The molecule has 10 heteroatoms. The first-order valence-electron chi connectivity index (χ1n) is 6.05. The van der Waals surface area contributed by atoms with Crippen LogP contribution in [0.1, 0.15) is 6.92 Å². The molecule has 0 aromatic heterocycles. The number of ether oxygens (including phenoxy) is 4. The molecular weight excluding hydrogens is 350 g/mol. The third kappa shape index (κ3) is 2.81. The van der Waals surface area contributed by atoms with Gasteiger partial charge in [0.1, 0.15) is 12.2 Å². The Bertz CT molecular complexity index is 452. The van der Waals surface area contributed by atoms with Gasteiger partial charge in [-0.1, -0.05) is 34.8 Å². The molecule has 3 heterocycles. The molecule has 7 nitrogen and oxygen atoms in total. The Morgan fingerprint density at radius 1 is 1.19 bits per heavy atom. The lowest BCUT2D eigenvalue weighted by molar-refractivity contribution is -0.494. The van der Waals surface area contributed by atoms with E-state index < -0.39 is 40.2 Å². The van der Waals surface area contributed by atoms with E-state index in [4.69, 9.17) is 63.5 Å². The maximum Gasteiger partial charge on any atom is 0.252 e. The Morgan fingerprint density at radius 2 is 1.90 bits per heavy atom. The van der Waals surface area contributed by atoms with Gasteiger partial charge in [0, 0.05) is 7.11 Å². The van der Waals surface area contributed by atoms with Crippen molar-refractivity contribution in [3.63, 3.8) is 0 Å². The fourth-order valence-corrected chi connectivity index (χ4v) is 2.66. The summed E-state index contributed by atoms with van der Waals surface area (Å²) in [4.78, 5) is 10.0. The number of hydrogen-bond donors (Lipinski definition) is 1. The van der Waals surface area contributed by atoms with Crippen LogP contribution in [0.25, 0.3) is 0 Å². The molecule has 3 aliphatic heterocycles. The maximum absolute atomic E-state index is 9.68. The van der Waals surface area contributed by atoms with E-state index in [1.165, 1.54) is 26.2 Å². The van der Waals surface area contributed by atoms with Gasteiger partial charge in [0.25, 0.3) is 5.79 Å². The minimum absolute atomic E-state index is 0.688. The highest BCUT2D eigenvalue weighted by atomic mass is 35.6. The van der Waals surface area contributed by atoms with Crippen LogP contribution in [-0.4, -0.2) is 52.4 Å². The highest BCUT2D eigenvalue weighted by Crippen LogP contribution is 2.48. The fourth-order valence-electron chi connectivity index (χ4n) is 2.35. The van der Waals surface area contributed by atoms with Crippen LogP contribution in [0.2, 0.25) is 0 Å². The Morgan fingerprint density at radius 3 is 2.43 bits per heavy atom. The van der Waals surface area contributed by atoms with Crippen LogP contribution in [-0.2, 0) is 28.7 Å². The molecule has 0 aromatic rings. The molecule has 120 valence electrons. The molecule has 3 rings (SSSR count). The SMILES string of the molecule is CO[C@@H]1[C@H]2O[C@@H](C(Cl)(Cl)Cl)O[C@H]2O[C@@]12C=CC(C)(O)OO2. The predicted octanol–water partition coefficient (Wildman–Crippen LogP) is 1.39. The van der Waals surface area contributed by atoms with Gasteiger partial charge in [-0.2, -0.15) is 9.78 Å². The molecule has 3 aliphatic rings. The summed E-state index contributed by atoms with van der Waals surface area (Å²) in [6, 6.07) is 0. The average Bonchev–Trinajstić information content (AvgIpc) is 2.88. The van der Waals surface area contributed by atoms with Crippen LogP contribution in [0, 0.1) is 0 Å². The highest BCUT2D eigenvalue weighted by molar-refractivity contribution is 6.67. The van der Waals surface area contributed by atoms with Crippen molar-refractivity contribution < 1.29 is 33.8 Å². The van der Waals surface area contributed by atoms with Gasteiger partial charge in [0.2, 0.25) is 15.9 Å². The summed E-state index contributed by atoms with van der Waals surface area (Å²) in [5, 5.41) is 9.68. The molecule has 6 atom stereocenters. The number of aliphatic hydroxyl groups is 1. The third-order valence-electron chi connectivity index (χ3n) is 3.29. The number of fused-ring (bicyclic) bond motifs is 1. The van der Waals surface area contributed by atoms with E-state index in [-0.39, 0.29) is 0 Å². The number of rotatable bonds is 1. The van der Waals surface area contributed by atoms with E-state index >= 15 is 0 Å². The first-order valence-corrected chi connectivity index (χ1v) is 7.18. The van der Waals surface area contributed by atoms with Crippen molar-refractivity contribution >= 4 is 34.8 Å². The third-order valence-corrected chi connectivity index (χ3v) is 3.82. The van der Waals surface area contributed by atoms with Crippen LogP contribution in [0.5, 0.6) is 0 Å². The molecule has 21 heavy (non-hydrogen) atoms. The first-order chi connectivity index (χ1) is 9.67. The Kier molecular flexibility index (Phi) is 3.99. The van der Waals surface area contributed by atoms with E-state index in [1.54, 1.807) is 0 Å². The van der Waals surface area contributed by atoms with Gasteiger partial charge in [0.15, 0.2) is 6.29 Å². The average molecular weight is 364 g/mol. The Balaban J connectivity index is 1.81. The molecule has 0 amide bonds. The van der Waals surface area contributed by atoms with Crippen LogP contribution in [0.15, 0.2) is 12.2 Å². The molecule has 0 bridgehead atoms. The summed E-state index contributed by atoms with van der Waals surface area (Å²) in [5.74, 6) is -2.97.